The second kappa shape index (κ2) is 13.1. The Bertz CT molecular complexity index is 673. The molecule has 9 N–H and O–H groups in total. The molecule has 0 aromatic rings. The normalized spacial score (nSPS) is 17.7. The van der Waals surface area contributed by atoms with Crippen molar-refractivity contribution in [2.24, 2.45) is 5.73 Å². The minimum Gasteiger partial charge on any atom is -0.480 e. The summed E-state index contributed by atoms with van der Waals surface area (Å²) >= 11 is 3.98. The minimum absolute atomic E-state index is 0.189. The molecule has 0 aromatic heterocycles. The molecule has 0 bridgehead atoms. The van der Waals surface area contributed by atoms with Gasteiger partial charge in [0, 0.05) is 5.75 Å². The van der Waals surface area contributed by atoms with E-state index >= 15 is 0 Å². The number of aliphatic hydroxyl groups excluding tert-OH is 2. The summed E-state index contributed by atoms with van der Waals surface area (Å²) < 4.78 is 0. The van der Waals surface area contributed by atoms with Crippen LogP contribution in [0.25, 0.3) is 0 Å². The Balaban J connectivity index is 5.09. The summed E-state index contributed by atoms with van der Waals surface area (Å²) in [4.78, 5) is 59.7. The first kappa shape index (κ1) is 28.6. The number of amides is 4. The van der Waals surface area contributed by atoms with Gasteiger partial charge in [0.2, 0.25) is 23.6 Å². The molecular weight excluding hydrogens is 434 g/mol. The van der Waals surface area contributed by atoms with Crippen LogP contribution in [0.2, 0.25) is 0 Å². The van der Waals surface area contributed by atoms with Crippen LogP contribution in [-0.2, 0) is 24.0 Å². The average Bonchev–Trinajstić information content (AvgIpc) is 2.66. The van der Waals surface area contributed by atoms with Gasteiger partial charge in [0.15, 0.2) is 6.04 Å². The van der Waals surface area contributed by atoms with Crippen molar-refractivity contribution >= 4 is 42.2 Å². The van der Waals surface area contributed by atoms with Gasteiger partial charge in [-0.25, -0.2) is 4.79 Å². The predicted molar refractivity (Wildman–Crippen MR) is 112 cm³/mol. The van der Waals surface area contributed by atoms with Gasteiger partial charge in [-0.15, -0.1) is 0 Å². The highest BCUT2D eigenvalue weighted by molar-refractivity contribution is 7.80. The Morgan fingerprint density at radius 3 is 1.65 bits per heavy atom. The summed E-state index contributed by atoms with van der Waals surface area (Å²) in [5.74, 6) is -4.92. The summed E-state index contributed by atoms with van der Waals surface area (Å²) in [6.45, 7) is 5.09. The van der Waals surface area contributed by atoms with Crippen LogP contribution in [0.4, 0.5) is 0 Å². The molecule has 178 valence electrons. The fourth-order valence-electron chi connectivity index (χ4n) is 2.19. The van der Waals surface area contributed by atoms with E-state index in [1.807, 2.05) is 0 Å². The van der Waals surface area contributed by atoms with Crippen LogP contribution in [0.3, 0.4) is 0 Å². The standard InChI is InChI=1S/C17H31N5O8S/c1-6(18)13(25)21-11(8(3)23)16(28)20-10(5-31)15(27)19-7(2)14(26)22-12(9(4)24)17(29)30/h6-12,23-24,31H,5,18H2,1-4H3,(H,19,27)(H,20,28)(H,21,25)(H,22,26)(H,29,30)/t6-,7-,8+,9+,10-,11-,12-/m0/s1. The zero-order valence-corrected chi connectivity index (χ0v) is 18.6. The molecule has 14 heteroatoms. The molecule has 7 atom stereocenters. The predicted octanol–water partition coefficient (Wildman–Crippen LogP) is -3.93. The van der Waals surface area contributed by atoms with Crippen LogP contribution >= 0.6 is 12.6 Å². The Morgan fingerprint density at radius 2 is 1.26 bits per heavy atom. The zero-order chi connectivity index (χ0) is 24.5. The van der Waals surface area contributed by atoms with Crippen molar-refractivity contribution in [1.29, 1.82) is 0 Å². The van der Waals surface area contributed by atoms with E-state index in [0.717, 1.165) is 0 Å². The largest absolute Gasteiger partial charge is 0.480 e. The van der Waals surface area contributed by atoms with Gasteiger partial charge in [0.1, 0.15) is 18.1 Å². The van der Waals surface area contributed by atoms with E-state index in [4.69, 9.17) is 10.8 Å². The fourth-order valence-corrected chi connectivity index (χ4v) is 2.45. The monoisotopic (exact) mass is 465 g/mol. The molecule has 31 heavy (non-hydrogen) atoms. The number of hydrogen-bond acceptors (Lipinski definition) is 9. The molecule has 0 radical (unpaired) electrons. The third kappa shape index (κ3) is 9.50. The Kier molecular flexibility index (Phi) is 12.1. The molecule has 0 aliphatic rings. The van der Waals surface area contributed by atoms with Crippen molar-refractivity contribution in [2.45, 2.75) is 70.1 Å². The number of aliphatic carboxylic acids is 1. The van der Waals surface area contributed by atoms with Crippen molar-refractivity contribution in [3.8, 4) is 0 Å². The molecule has 0 saturated heterocycles. The zero-order valence-electron chi connectivity index (χ0n) is 17.7. The summed E-state index contributed by atoms with van der Waals surface area (Å²) in [5.41, 5.74) is 5.42. The van der Waals surface area contributed by atoms with E-state index < -0.39 is 72.0 Å². The number of hydrogen-bond donors (Lipinski definition) is 9. The van der Waals surface area contributed by atoms with Crippen LogP contribution in [0.1, 0.15) is 27.7 Å². The molecule has 0 rings (SSSR count). The fraction of sp³-hybridized carbons (Fsp3) is 0.706. The molecular formula is C17H31N5O8S. The van der Waals surface area contributed by atoms with Crippen molar-refractivity contribution in [3.05, 3.63) is 0 Å². The van der Waals surface area contributed by atoms with Gasteiger partial charge in [-0.2, -0.15) is 12.6 Å². The summed E-state index contributed by atoms with van der Waals surface area (Å²) in [6.07, 6.45) is -2.68. The maximum atomic E-state index is 12.4. The maximum absolute atomic E-state index is 12.4. The van der Waals surface area contributed by atoms with E-state index in [1.165, 1.54) is 27.7 Å². The second-order valence-electron chi connectivity index (χ2n) is 7.05. The molecule has 0 heterocycles. The number of rotatable bonds is 12. The van der Waals surface area contributed by atoms with E-state index in [9.17, 15) is 34.2 Å². The van der Waals surface area contributed by atoms with Crippen LogP contribution in [0.5, 0.6) is 0 Å². The number of carbonyl (C=O) groups is 5. The topological polar surface area (TPSA) is 220 Å². The average molecular weight is 466 g/mol. The molecule has 0 aliphatic heterocycles. The van der Waals surface area contributed by atoms with Crippen LogP contribution in [0.15, 0.2) is 0 Å². The lowest BCUT2D eigenvalue weighted by Crippen LogP contribution is -2.60. The molecule has 13 nitrogen and oxygen atoms in total. The molecule has 0 aliphatic carbocycles. The van der Waals surface area contributed by atoms with Crippen LogP contribution in [0, 0.1) is 0 Å². The van der Waals surface area contributed by atoms with E-state index in [-0.39, 0.29) is 5.75 Å². The number of carbonyl (C=O) groups excluding carboxylic acids is 4. The highest BCUT2D eigenvalue weighted by atomic mass is 32.1. The maximum Gasteiger partial charge on any atom is 0.328 e. The Hall–Kier alpha value is -2.42. The van der Waals surface area contributed by atoms with E-state index in [1.54, 1.807) is 0 Å². The number of aliphatic hydroxyl groups is 2. The van der Waals surface area contributed by atoms with E-state index in [0.29, 0.717) is 0 Å². The molecule has 0 saturated carbocycles. The summed E-state index contributed by atoms with van der Waals surface area (Å²) in [6, 6.07) is -6.36. The van der Waals surface area contributed by atoms with Crippen molar-refractivity contribution in [2.75, 3.05) is 5.75 Å². The number of carboxylic acid groups (broad SMARTS) is 1. The first-order valence-electron chi connectivity index (χ1n) is 9.39. The lowest BCUT2D eigenvalue weighted by molar-refractivity contribution is -0.145. The summed E-state index contributed by atoms with van der Waals surface area (Å²) in [5, 5.41) is 37.1. The van der Waals surface area contributed by atoms with Crippen LogP contribution < -0.4 is 27.0 Å². The second-order valence-corrected chi connectivity index (χ2v) is 7.42. The molecule has 0 aromatic carbocycles. The van der Waals surface area contributed by atoms with Gasteiger partial charge in [-0.1, -0.05) is 0 Å². The SMILES string of the molecule is C[C@H](N)C(=O)N[C@H](C(=O)N[C@@H](CS)C(=O)N[C@@H](C)C(=O)N[C@H](C(=O)O)[C@@H](C)O)[C@@H](C)O. The molecule has 0 spiro atoms. The summed E-state index contributed by atoms with van der Waals surface area (Å²) in [7, 11) is 0. The smallest absolute Gasteiger partial charge is 0.328 e. The highest BCUT2D eigenvalue weighted by Crippen LogP contribution is 1.99. The van der Waals surface area contributed by atoms with Gasteiger partial charge in [0.25, 0.3) is 0 Å². The first-order chi connectivity index (χ1) is 14.2. The number of thiol groups is 1. The van der Waals surface area contributed by atoms with Gasteiger partial charge < -0.3 is 42.3 Å². The first-order valence-corrected chi connectivity index (χ1v) is 10.0. The third-order valence-corrected chi connectivity index (χ3v) is 4.46. The molecule has 0 unspecified atom stereocenters. The van der Waals surface area contributed by atoms with E-state index in [2.05, 4.69) is 33.9 Å². The van der Waals surface area contributed by atoms with Crippen molar-refractivity contribution in [3.63, 3.8) is 0 Å². The van der Waals surface area contributed by atoms with Gasteiger partial charge in [-0.3, -0.25) is 19.2 Å². The third-order valence-electron chi connectivity index (χ3n) is 4.09. The number of nitrogens with one attached hydrogen (secondary N) is 4. The molecule has 4 amide bonds. The van der Waals surface area contributed by atoms with Crippen molar-refractivity contribution in [1.82, 2.24) is 21.3 Å². The minimum atomic E-state index is -1.58. The molecule has 0 fully saturated rings. The number of carboxylic acids is 1. The highest BCUT2D eigenvalue weighted by Gasteiger charge is 2.32. The van der Waals surface area contributed by atoms with Crippen LogP contribution in [-0.4, -0.2) is 93.1 Å². The van der Waals surface area contributed by atoms with Gasteiger partial charge in [-0.05, 0) is 27.7 Å². The van der Waals surface area contributed by atoms with Crippen molar-refractivity contribution < 1.29 is 39.3 Å². The quantitative estimate of drug-likeness (QED) is 0.128. The Labute approximate surface area is 184 Å². The van der Waals surface area contributed by atoms with Gasteiger partial charge >= 0.3 is 5.97 Å². The van der Waals surface area contributed by atoms with Gasteiger partial charge in [0.05, 0.1) is 18.2 Å². The lowest BCUT2D eigenvalue weighted by atomic mass is 10.1. The lowest BCUT2D eigenvalue weighted by Gasteiger charge is -2.25. The Morgan fingerprint density at radius 1 is 0.774 bits per heavy atom. The number of nitrogens with two attached hydrogens (primary N) is 1.